The van der Waals surface area contributed by atoms with Gasteiger partial charge in [0, 0.05) is 25.7 Å². The van der Waals surface area contributed by atoms with Crippen molar-refractivity contribution in [2.45, 2.75) is 13.5 Å². The molecule has 0 bridgehead atoms. The number of hydrogen-bond donors (Lipinski definition) is 0. The zero-order valence-electron chi connectivity index (χ0n) is 14.9. The third-order valence-electron chi connectivity index (χ3n) is 4.23. The first-order valence-electron chi connectivity index (χ1n) is 8.69. The molecule has 4 aromatic rings. The fourth-order valence-electron chi connectivity index (χ4n) is 2.83. The highest BCUT2D eigenvalue weighted by Crippen LogP contribution is 2.27. The van der Waals surface area contributed by atoms with Gasteiger partial charge in [-0.1, -0.05) is 48.0 Å². The highest BCUT2D eigenvalue weighted by Gasteiger charge is 2.06. The van der Waals surface area contributed by atoms with Crippen LogP contribution in [-0.2, 0) is 6.61 Å². The van der Waals surface area contributed by atoms with Crippen molar-refractivity contribution in [1.82, 2.24) is 4.98 Å². The van der Waals surface area contributed by atoms with Crippen LogP contribution in [0.2, 0.25) is 5.02 Å². The summed E-state index contributed by atoms with van der Waals surface area (Å²) in [5.41, 5.74) is 2.72. The highest BCUT2D eigenvalue weighted by molar-refractivity contribution is 7.12. The van der Waals surface area contributed by atoms with Gasteiger partial charge in [-0.2, -0.15) is 0 Å². The number of pyridine rings is 1. The first-order valence-corrected chi connectivity index (χ1v) is 9.89. The smallest absolute Gasteiger partial charge is 0.146 e. The summed E-state index contributed by atoms with van der Waals surface area (Å²) in [6.07, 6.45) is 4.13. The Labute approximate surface area is 167 Å². The minimum atomic E-state index is 0.412. The number of hydrogen-bond acceptors (Lipinski definition) is 3. The number of rotatable bonds is 5. The van der Waals surface area contributed by atoms with Crippen molar-refractivity contribution in [2.24, 2.45) is 0 Å². The predicted octanol–water partition coefficient (Wildman–Crippen LogP) is 7.01. The number of thiophene rings is 1. The normalized spacial score (nSPS) is 11.3. The number of fused-ring (bicyclic) bond motifs is 1. The standard InChI is InChI=1S/C23H18ClNOS/c1-16-9-13-20(27-16)14-12-19-11-10-17-6-4-8-22(23(17)25-19)26-15-18-5-2-3-7-21(18)24/h2-14H,15H2,1H3. The Morgan fingerprint density at radius 1 is 0.963 bits per heavy atom. The molecule has 0 saturated heterocycles. The van der Waals surface area contributed by atoms with Crippen LogP contribution in [0.4, 0.5) is 0 Å². The van der Waals surface area contributed by atoms with E-state index in [1.165, 1.54) is 9.75 Å². The number of para-hydroxylation sites is 1. The first-order chi connectivity index (χ1) is 13.2. The van der Waals surface area contributed by atoms with Gasteiger partial charge in [-0.15, -0.1) is 11.3 Å². The SMILES string of the molecule is Cc1ccc(C=Cc2ccc3cccc(OCc4ccccc4Cl)c3n2)s1. The molecule has 2 heterocycles. The number of aromatic nitrogens is 1. The number of benzene rings is 2. The lowest BCUT2D eigenvalue weighted by atomic mass is 10.2. The van der Waals surface area contributed by atoms with Crippen LogP contribution in [0.3, 0.4) is 0 Å². The topological polar surface area (TPSA) is 22.1 Å². The Morgan fingerprint density at radius 3 is 2.67 bits per heavy atom. The third-order valence-corrected chi connectivity index (χ3v) is 5.56. The monoisotopic (exact) mass is 391 g/mol. The molecule has 0 fully saturated rings. The van der Waals surface area contributed by atoms with Crippen molar-refractivity contribution in [3.8, 4) is 5.75 Å². The lowest BCUT2D eigenvalue weighted by Gasteiger charge is -2.10. The number of aryl methyl sites for hydroxylation is 1. The second-order valence-electron chi connectivity index (χ2n) is 6.23. The fourth-order valence-corrected chi connectivity index (χ4v) is 3.80. The Bertz CT molecular complexity index is 1120. The molecule has 0 aliphatic heterocycles. The van der Waals surface area contributed by atoms with Gasteiger partial charge in [0.2, 0.25) is 0 Å². The van der Waals surface area contributed by atoms with Gasteiger partial charge in [0.25, 0.3) is 0 Å². The van der Waals surface area contributed by atoms with E-state index in [0.29, 0.717) is 11.6 Å². The zero-order valence-corrected chi connectivity index (χ0v) is 16.4. The van der Waals surface area contributed by atoms with Gasteiger partial charge in [0.1, 0.15) is 17.9 Å². The van der Waals surface area contributed by atoms with Crippen LogP contribution in [0.1, 0.15) is 21.0 Å². The molecule has 134 valence electrons. The third kappa shape index (κ3) is 4.21. The molecule has 0 saturated carbocycles. The molecule has 4 rings (SSSR count). The van der Waals surface area contributed by atoms with Crippen LogP contribution in [0.15, 0.2) is 66.7 Å². The minimum Gasteiger partial charge on any atom is -0.487 e. The second kappa shape index (κ2) is 7.95. The van der Waals surface area contributed by atoms with E-state index in [9.17, 15) is 0 Å². The molecular weight excluding hydrogens is 374 g/mol. The van der Waals surface area contributed by atoms with Gasteiger partial charge in [-0.25, -0.2) is 4.98 Å². The Balaban J connectivity index is 1.61. The van der Waals surface area contributed by atoms with Gasteiger partial charge >= 0.3 is 0 Å². The highest BCUT2D eigenvalue weighted by atomic mass is 35.5. The molecule has 0 spiro atoms. The summed E-state index contributed by atoms with van der Waals surface area (Å²) in [4.78, 5) is 7.31. The van der Waals surface area contributed by atoms with Gasteiger partial charge in [0.05, 0.1) is 5.69 Å². The molecule has 2 aromatic carbocycles. The zero-order chi connectivity index (χ0) is 18.6. The Hall–Kier alpha value is -2.62. The van der Waals surface area contributed by atoms with E-state index in [1.54, 1.807) is 11.3 Å². The van der Waals surface area contributed by atoms with Crippen molar-refractivity contribution in [3.05, 3.63) is 92.8 Å². The lowest BCUT2D eigenvalue weighted by Crippen LogP contribution is -1.97. The summed E-state index contributed by atoms with van der Waals surface area (Å²) in [5.74, 6) is 0.759. The minimum absolute atomic E-state index is 0.412. The molecule has 2 aromatic heterocycles. The summed E-state index contributed by atoms with van der Waals surface area (Å²) < 4.78 is 6.04. The van der Waals surface area contributed by atoms with Gasteiger partial charge in [-0.05, 0) is 49.4 Å². The van der Waals surface area contributed by atoms with E-state index in [2.05, 4.69) is 31.2 Å². The lowest BCUT2D eigenvalue weighted by molar-refractivity contribution is 0.309. The summed E-state index contributed by atoms with van der Waals surface area (Å²) in [7, 11) is 0. The Morgan fingerprint density at radius 2 is 1.85 bits per heavy atom. The molecule has 27 heavy (non-hydrogen) atoms. The van der Waals surface area contributed by atoms with E-state index in [1.807, 2.05) is 54.6 Å². The summed E-state index contributed by atoms with van der Waals surface area (Å²) in [6, 6.07) is 22.0. The van der Waals surface area contributed by atoms with Gasteiger partial charge < -0.3 is 4.74 Å². The van der Waals surface area contributed by atoms with E-state index < -0.39 is 0 Å². The van der Waals surface area contributed by atoms with E-state index >= 15 is 0 Å². The molecule has 0 unspecified atom stereocenters. The fraction of sp³-hybridized carbons (Fsp3) is 0.0870. The van der Waals surface area contributed by atoms with E-state index in [-0.39, 0.29) is 0 Å². The number of nitrogens with zero attached hydrogens (tertiary/aromatic N) is 1. The van der Waals surface area contributed by atoms with Gasteiger partial charge in [-0.3, -0.25) is 0 Å². The maximum Gasteiger partial charge on any atom is 0.146 e. The summed E-state index contributed by atoms with van der Waals surface area (Å²) in [5, 5.41) is 1.76. The molecule has 2 nitrogen and oxygen atoms in total. The second-order valence-corrected chi connectivity index (χ2v) is 7.95. The first kappa shape index (κ1) is 17.8. The van der Waals surface area contributed by atoms with E-state index in [0.717, 1.165) is 27.9 Å². The average Bonchev–Trinajstić information content (AvgIpc) is 3.11. The van der Waals surface area contributed by atoms with Crippen LogP contribution >= 0.6 is 22.9 Å². The van der Waals surface area contributed by atoms with Crippen LogP contribution in [0.5, 0.6) is 5.75 Å². The maximum atomic E-state index is 6.23. The van der Waals surface area contributed by atoms with Crippen molar-refractivity contribution in [1.29, 1.82) is 0 Å². The molecule has 0 aliphatic rings. The van der Waals surface area contributed by atoms with Crippen molar-refractivity contribution in [2.75, 3.05) is 0 Å². The summed E-state index contributed by atoms with van der Waals surface area (Å²) >= 11 is 8.00. The van der Waals surface area contributed by atoms with Crippen LogP contribution in [0, 0.1) is 6.92 Å². The van der Waals surface area contributed by atoms with Crippen LogP contribution < -0.4 is 4.74 Å². The Kier molecular flexibility index (Phi) is 5.23. The number of ether oxygens (including phenoxy) is 1. The average molecular weight is 392 g/mol. The molecule has 0 atom stereocenters. The predicted molar refractivity (Wildman–Crippen MR) is 116 cm³/mol. The molecule has 0 radical (unpaired) electrons. The molecular formula is C23H18ClNOS. The maximum absolute atomic E-state index is 6.23. The molecule has 0 aliphatic carbocycles. The van der Waals surface area contributed by atoms with Crippen molar-refractivity contribution in [3.63, 3.8) is 0 Å². The largest absolute Gasteiger partial charge is 0.487 e. The quantitative estimate of drug-likeness (QED) is 0.365. The van der Waals surface area contributed by atoms with Crippen LogP contribution in [-0.4, -0.2) is 4.98 Å². The molecule has 0 amide bonds. The molecule has 0 N–H and O–H groups in total. The van der Waals surface area contributed by atoms with E-state index in [4.69, 9.17) is 21.3 Å². The number of halogens is 1. The van der Waals surface area contributed by atoms with Gasteiger partial charge in [0.15, 0.2) is 0 Å². The van der Waals surface area contributed by atoms with Crippen LogP contribution in [0.25, 0.3) is 23.1 Å². The summed E-state index contributed by atoms with van der Waals surface area (Å²) in [6.45, 7) is 2.52. The van der Waals surface area contributed by atoms with Crippen molar-refractivity contribution >= 4 is 46.0 Å². The van der Waals surface area contributed by atoms with Crippen molar-refractivity contribution < 1.29 is 4.74 Å². The molecule has 4 heteroatoms.